The van der Waals surface area contributed by atoms with E-state index < -0.39 is 72.1 Å². The van der Waals surface area contributed by atoms with Crippen LogP contribution >= 0.6 is 0 Å². The predicted octanol–water partition coefficient (Wildman–Crippen LogP) is -0.519. The summed E-state index contributed by atoms with van der Waals surface area (Å²) in [5, 5.41) is 34.4. The van der Waals surface area contributed by atoms with Crippen LogP contribution in [0.25, 0.3) is 0 Å². The molecule has 1 rings (SSSR count). The zero-order chi connectivity index (χ0) is 28.1. The molecule has 1 aromatic rings. The first kappa shape index (κ1) is 31.0. The summed E-state index contributed by atoms with van der Waals surface area (Å²) in [5.74, 6) is -6.66. The van der Waals surface area contributed by atoms with Crippen LogP contribution in [0.2, 0.25) is 0 Å². The van der Waals surface area contributed by atoms with Gasteiger partial charge in [0.25, 0.3) is 0 Å². The van der Waals surface area contributed by atoms with Gasteiger partial charge in [0, 0.05) is 19.3 Å². The molecule has 0 fully saturated rings. The number of benzene rings is 1. The number of carboxylic acids is 3. The molecule has 13 nitrogen and oxygen atoms in total. The number of aliphatic carboxylic acids is 3. The van der Waals surface area contributed by atoms with Crippen molar-refractivity contribution in [2.45, 2.75) is 70.1 Å². The number of nitrogens with one attached hydrogen (secondary N) is 3. The molecule has 4 unspecified atom stereocenters. The van der Waals surface area contributed by atoms with Gasteiger partial charge in [0.1, 0.15) is 18.1 Å². The number of carbonyl (C=O) groups excluding carboxylic acids is 3. The van der Waals surface area contributed by atoms with Gasteiger partial charge in [-0.25, -0.2) is 4.79 Å². The molecule has 3 amide bonds. The van der Waals surface area contributed by atoms with Gasteiger partial charge in [-0.3, -0.25) is 24.0 Å². The lowest BCUT2D eigenvalue weighted by Crippen LogP contribution is -2.58. The molecule has 204 valence electrons. The van der Waals surface area contributed by atoms with Crippen LogP contribution in [-0.4, -0.2) is 75.1 Å². The Labute approximate surface area is 213 Å². The van der Waals surface area contributed by atoms with Crippen LogP contribution in [0.15, 0.2) is 30.3 Å². The molecule has 0 aliphatic heterocycles. The second-order valence-electron chi connectivity index (χ2n) is 8.85. The smallest absolute Gasteiger partial charge is 0.326 e. The first-order valence-electron chi connectivity index (χ1n) is 11.7. The zero-order valence-corrected chi connectivity index (χ0v) is 20.7. The van der Waals surface area contributed by atoms with Crippen molar-refractivity contribution in [3.8, 4) is 0 Å². The third kappa shape index (κ3) is 11.5. The van der Waals surface area contributed by atoms with Gasteiger partial charge in [0.15, 0.2) is 0 Å². The van der Waals surface area contributed by atoms with Gasteiger partial charge in [-0.05, 0) is 24.3 Å². The third-order valence-corrected chi connectivity index (χ3v) is 5.43. The Morgan fingerprint density at radius 1 is 0.757 bits per heavy atom. The Kier molecular flexibility index (Phi) is 12.7. The maximum atomic E-state index is 13.2. The van der Waals surface area contributed by atoms with Crippen LogP contribution in [0.3, 0.4) is 0 Å². The van der Waals surface area contributed by atoms with Gasteiger partial charge in [-0.1, -0.05) is 44.2 Å². The van der Waals surface area contributed by atoms with Gasteiger partial charge >= 0.3 is 17.9 Å². The predicted molar refractivity (Wildman–Crippen MR) is 130 cm³/mol. The lowest BCUT2D eigenvalue weighted by molar-refractivity contribution is -0.144. The quantitative estimate of drug-likeness (QED) is 0.147. The molecule has 0 aliphatic rings. The van der Waals surface area contributed by atoms with E-state index in [2.05, 4.69) is 16.0 Å². The van der Waals surface area contributed by atoms with Crippen LogP contribution in [0.5, 0.6) is 0 Å². The molecule has 0 aromatic heterocycles. The van der Waals surface area contributed by atoms with Crippen molar-refractivity contribution in [3.63, 3.8) is 0 Å². The number of nitrogens with two attached hydrogens (primary N) is 1. The minimum absolute atomic E-state index is 0.0128. The normalized spacial score (nSPS) is 14.1. The summed E-state index contributed by atoms with van der Waals surface area (Å²) in [4.78, 5) is 71.9. The Balaban J connectivity index is 3.12. The van der Waals surface area contributed by atoms with Crippen molar-refractivity contribution < 1.29 is 44.1 Å². The van der Waals surface area contributed by atoms with E-state index in [1.165, 1.54) is 0 Å². The van der Waals surface area contributed by atoms with E-state index >= 15 is 0 Å². The molecule has 0 heterocycles. The summed E-state index contributed by atoms with van der Waals surface area (Å²) in [5.41, 5.74) is 6.41. The lowest BCUT2D eigenvalue weighted by Gasteiger charge is -2.26. The first-order valence-corrected chi connectivity index (χ1v) is 11.7. The number of amides is 3. The van der Waals surface area contributed by atoms with Crippen molar-refractivity contribution in [1.82, 2.24) is 16.0 Å². The van der Waals surface area contributed by atoms with Crippen molar-refractivity contribution in [3.05, 3.63) is 35.9 Å². The Hall–Kier alpha value is -4.00. The van der Waals surface area contributed by atoms with Gasteiger partial charge in [-0.15, -0.1) is 0 Å². The number of hydrogen-bond acceptors (Lipinski definition) is 7. The molecule has 0 radical (unpaired) electrons. The van der Waals surface area contributed by atoms with Gasteiger partial charge < -0.3 is 37.0 Å². The maximum Gasteiger partial charge on any atom is 0.326 e. The monoisotopic (exact) mass is 522 g/mol. The van der Waals surface area contributed by atoms with E-state index in [1.807, 2.05) is 0 Å². The molecule has 0 saturated heterocycles. The van der Waals surface area contributed by atoms with E-state index in [4.69, 9.17) is 15.9 Å². The van der Waals surface area contributed by atoms with Gasteiger partial charge in [0.05, 0.1) is 6.04 Å². The van der Waals surface area contributed by atoms with Crippen molar-refractivity contribution in [2.75, 3.05) is 0 Å². The molecule has 0 saturated carbocycles. The minimum Gasteiger partial charge on any atom is -0.481 e. The maximum absolute atomic E-state index is 13.2. The average molecular weight is 523 g/mol. The van der Waals surface area contributed by atoms with E-state index in [0.29, 0.717) is 5.56 Å². The molecule has 37 heavy (non-hydrogen) atoms. The Morgan fingerprint density at radius 2 is 1.27 bits per heavy atom. The van der Waals surface area contributed by atoms with E-state index in [-0.39, 0.29) is 25.7 Å². The highest BCUT2D eigenvalue weighted by molar-refractivity contribution is 5.94. The van der Waals surface area contributed by atoms with Crippen molar-refractivity contribution >= 4 is 35.6 Å². The first-order chi connectivity index (χ1) is 17.3. The van der Waals surface area contributed by atoms with Crippen LogP contribution < -0.4 is 21.7 Å². The molecule has 1 aromatic carbocycles. The molecule has 0 bridgehead atoms. The van der Waals surface area contributed by atoms with Crippen LogP contribution in [0, 0.1) is 5.92 Å². The SMILES string of the molecule is CC(C)C(NC(=O)C(CCC(=O)O)NC(=O)C(Cc1ccccc1)NC(=O)C(N)CCC(=O)O)C(=O)O. The molecular weight excluding hydrogens is 488 g/mol. The van der Waals surface area contributed by atoms with Crippen LogP contribution in [0.4, 0.5) is 0 Å². The van der Waals surface area contributed by atoms with E-state index in [9.17, 15) is 33.9 Å². The Bertz CT molecular complexity index is 968. The fourth-order valence-corrected chi connectivity index (χ4v) is 3.32. The molecule has 13 heteroatoms. The number of carbonyl (C=O) groups is 6. The van der Waals surface area contributed by atoms with Crippen LogP contribution in [0.1, 0.15) is 45.1 Å². The fraction of sp³-hybridized carbons (Fsp3) is 0.500. The minimum atomic E-state index is -1.40. The molecule has 4 atom stereocenters. The van der Waals surface area contributed by atoms with Crippen molar-refractivity contribution in [2.24, 2.45) is 11.7 Å². The van der Waals surface area contributed by atoms with E-state index in [1.54, 1.807) is 44.2 Å². The Morgan fingerprint density at radius 3 is 1.78 bits per heavy atom. The molecular formula is C24H34N4O9. The lowest BCUT2D eigenvalue weighted by atomic mass is 10.0. The van der Waals surface area contributed by atoms with Crippen LogP contribution in [-0.2, 0) is 35.2 Å². The summed E-state index contributed by atoms with van der Waals surface area (Å²) < 4.78 is 0. The fourth-order valence-electron chi connectivity index (χ4n) is 3.32. The summed E-state index contributed by atoms with van der Waals surface area (Å²) in [7, 11) is 0. The van der Waals surface area contributed by atoms with Gasteiger partial charge in [-0.2, -0.15) is 0 Å². The zero-order valence-electron chi connectivity index (χ0n) is 20.7. The topological polar surface area (TPSA) is 225 Å². The second-order valence-corrected chi connectivity index (χ2v) is 8.85. The number of hydrogen-bond donors (Lipinski definition) is 7. The standard InChI is InChI=1S/C24H34N4O9/c1-13(2)20(24(36)37)28-22(34)16(9-11-19(31)32)26-23(35)17(12-14-6-4-3-5-7-14)27-21(33)15(25)8-10-18(29)30/h3-7,13,15-17,20H,8-12,25H2,1-2H3,(H,26,35)(H,27,33)(H,28,34)(H,29,30)(H,31,32)(H,36,37). The number of rotatable bonds is 16. The molecule has 0 aliphatic carbocycles. The molecule has 0 spiro atoms. The average Bonchev–Trinajstić information content (AvgIpc) is 2.82. The summed E-state index contributed by atoms with van der Waals surface area (Å²) >= 11 is 0. The third-order valence-electron chi connectivity index (χ3n) is 5.43. The summed E-state index contributed by atoms with van der Waals surface area (Å²) in [6.07, 6.45) is -1.37. The largest absolute Gasteiger partial charge is 0.481 e. The second kappa shape index (κ2) is 15.2. The highest BCUT2D eigenvalue weighted by Crippen LogP contribution is 2.08. The number of carboxylic acid groups (broad SMARTS) is 3. The highest BCUT2D eigenvalue weighted by Gasteiger charge is 2.31. The highest BCUT2D eigenvalue weighted by atomic mass is 16.4. The summed E-state index contributed by atoms with van der Waals surface area (Å²) in [6.45, 7) is 3.14. The molecule has 8 N–H and O–H groups in total. The van der Waals surface area contributed by atoms with E-state index in [0.717, 1.165) is 0 Å². The van der Waals surface area contributed by atoms with Crippen molar-refractivity contribution in [1.29, 1.82) is 0 Å². The van der Waals surface area contributed by atoms with Gasteiger partial charge in [0.2, 0.25) is 17.7 Å². The summed E-state index contributed by atoms with van der Waals surface area (Å²) in [6, 6.07) is 3.44.